The van der Waals surface area contributed by atoms with Crippen molar-refractivity contribution in [1.29, 1.82) is 0 Å². The summed E-state index contributed by atoms with van der Waals surface area (Å²) in [6.45, 7) is 7.33. The van der Waals surface area contributed by atoms with Crippen LogP contribution in [0.5, 0.6) is 0 Å². The fourth-order valence-corrected chi connectivity index (χ4v) is 3.52. The number of hydrogen-bond acceptors (Lipinski definition) is 5. The molecule has 1 aliphatic rings. The Hall–Kier alpha value is -0.960. The first-order valence-corrected chi connectivity index (χ1v) is 8.25. The minimum Gasteiger partial charge on any atom is -0.380 e. The molecule has 114 valence electrons. The van der Waals surface area contributed by atoms with Crippen LogP contribution >= 0.6 is 0 Å². The maximum Gasteiger partial charge on any atom is 0.260 e. The van der Waals surface area contributed by atoms with Crippen molar-refractivity contribution in [2.24, 2.45) is 0 Å². The number of sulfonamides is 1. The van der Waals surface area contributed by atoms with Crippen LogP contribution in [-0.4, -0.2) is 43.9 Å². The van der Waals surface area contributed by atoms with E-state index in [4.69, 9.17) is 4.74 Å². The van der Waals surface area contributed by atoms with Crippen LogP contribution in [-0.2, 0) is 21.3 Å². The number of H-pyrrole nitrogens is 1. The van der Waals surface area contributed by atoms with Gasteiger partial charge >= 0.3 is 0 Å². The highest BCUT2D eigenvalue weighted by Gasteiger charge is 2.28. The van der Waals surface area contributed by atoms with Crippen LogP contribution in [0.25, 0.3) is 0 Å². The molecule has 1 aromatic rings. The molecule has 20 heavy (non-hydrogen) atoms. The Balaban J connectivity index is 2.17. The second-order valence-electron chi connectivity index (χ2n) is 5.35. The molecule has 0 amide bonds. The molecule has 0 aliphatic carbocycles. The summed E-state index contributed by atoms with van der Waals surface area (Å²) in [5, 5.41) is 10.00. The summed E-state index contributed by atoms with van der Waals surface area (Å²) in [5.41, 5.74) is 1.45. The van der Waals surface area contributed by atoms with Crippen molar-refractivity contribution >= 4 is 10.0 Å². The molecule has 2 rings (SSSR count). The second-order valence-corrected chi connectivity index (χ2v) is 6.98. The van der Waals surface area contributed by atoms with Gasteiger partial charge in [0.05, 0.1) is 6.61 Å². The molecule has 1 aliphatic heterocycles. The fourth-order valence-electron chi connectivity index (χ4n) is 2.07. The number of ether oxygens (including phenoxy) is 1. The smallest absolute Gasteiger partial charge is 0.260 e. The summed E-state index contributed by atoms with van der Waals surface area (Å²) in [6, 6.07) is 0.110. The predicted molar refractivity (Wildman–Crippen MR) is 74.8 cm³/mol. The van der Waals surface area contributed by atoms with E-state index in [-0.39, 0.29) is 17.1 Å². The van der Waals surface area contributed by atoms with Crippen LogP contribution in [0, 0.1) is 6.92 Å². The monoisotopic (exact) mass is 302 g/mol. The van der Waals surface area contributed by atoms with E-state index in [1.165, 1.54) is 0 Å². The van der Waals surface area contributed by atoms with Crippen molar-refractivity contribution in [3.8, 4) is 0 Å². The topological polar surface area (TPSA) is 96.1 Å². The van der Waals surface area contributed by atoms with Crippen molar-refractivity contribution in [3.63, 3.8) is 0 Å². The first-order chi connectivity index (χ1) is 9.40. The Morgan fingerprint density at radius 2 is 2.25 bits per heavy atom. The molecule has 0 saturated carbocycles. The number of rotatable bonds is 6. The van der Waals surface area contributed by atoms with E-state index in [9.17, 15) is 8.42 Å². The maximum atomic E-state index is 12.4. The van der Waals surface area contributed by atoms with Crippen molar-refractivity contribution in [3.05, 3.63) is 11.3 Å². The van der Waals surface area contributed by atoms with E-state index >= 15 is 0 Å². The van der Waals surface area contributed by atoms with Gasteiger partial charge in [0, 0.05) is 36.5 Å². The van der Waals surface area contributed by atoms with Gasteiger partial charge in [-0.2, -0.15) is 5.10 Å². The second kappa shape index (κ2) is 6.21. The lowest BCUT2D eigenvalue weighted by Gasteiger charge is -2.12. The summed E-state index contributed by atoms with van der Waals surface area (Å²) >= 11 is 0. The van der Waals surface area contributed by atoms with E-state index in [2.05, 4.69) is 20.2 Å². The van der Waals surface area contributed by atoms with Gasteiger partial charge in [-0.1, -0.05) is 13.8 Å². The van der Waals surface area contributed by atoms with Gasteiger partial charge in [0.1, 0.15) is 0 Å². The minimum absolute atomic E-state index is 0.0788. The Kier molecular flexibility index (Phi) is 4.79. The van der Waals surface area contributed by atoms with E-state index in [0.29, 0.717) is 31.7 Å². The lowest BCUT2D eigenvalue weighted by atomic mass is 10.2. The van der Waals surface area contributed by atoms with Crippen LogP contribution in [0.1, 0.15) is 31.5 Å². The fraction of sp³-hybridized carbons (Fsp3) is 0.750. The molecule has 1 saturated heterocycles. The summed E-state index contributed by atoms with van der Waals surface area (Å²) in [4.78, 5) is 0. The van der Waals surface area contributed by atoms with Gasteiger partial charge < -0.3 is 10.1 Å². The third-order valence-electron chi connectivity index (χ3n) is 3.23. The largest absolute Gasteiger partial charge is 0.380 e. The summed E-state index contributed by atoms with van der Waals surface area (Å²) in [7, 11) is -3.61. The van der Waals surface area contributed by atoms with E-state index in [0.717, 1.165) is 5.69 Å². The minimum atomic E-state index is -3.61. The van der Waals surface area contributed by atoms with E-state index in [1.54, 1.807) is 0 Å². The van der Waals surface area contributed by atoms with Crippen LogP contribution < -0.4 is 10.0 Å². The predicted octanol–water partition coefficient (Wildman–Crippen LogP) is 0.283. The average molecular weight is 302 g/mol. The number of aromatic amines is 1. The molecule has 1 atom stereocenters. The first kappa shape index (κ1) is 15.4. The highest BCUT2D eigenvalue weighted by atomic mass is 32.2. The van der Waals surface area contributed by atoms with Gasteiger partial charge in [0.25, 0.3) is 10.0 Å². The molecular formula is C12H22N4O3S. The van der Waals surface area contributed by atoms with Crippen molar-refractivity contribution in [2.75, 3.05) is 13.2 Å². The Labute approximate surface area is 119 Å². The van der Waals surface area contributed by atoms with E-state index < -0.39 is 10.0 Å². The number of nitrogens with zero attached hydrogens (tertiary/aromatic N) is 1. The van der Waals surface area contributed by atoms with Crippen LogP contribution in [0.4, 0.5) is 0 Å². The van der Waals surface area contributed by atoms with Crippen LogP contribution in [0.15, 0.2) is 5.03 Å². The SMILES string of the molecule is Cc1[nH]nc(S(=O)(=O)NC2CCOC2)c1CNC(C)C. The molecule has 2 heterocycles. The lowest BCUT2D eigenvalue weighted by molar-refractivity contribution is 0.192. The summed E-state index contributed by atoms with van der Waals surface area (Å²) in [6.07, 6.45) is 0.697. The first-order valence-electron chi connectivity index (χ1n) is 6.77. The Bertz CT molecular complexity index is 547. The van der Waals surface area contributed by atoms with Gasteiger partial charge in [0.15, 0.2) is 5.03 Å². The van der Waals surface area contributed by atoms with E-state index in [1.807, 2.05) is 20.8 Å². The molecule has 3 N–H and O–H groups in total. The standard InChI is InChI=1S/C12H22N4O3S/c1-8(2)13-6-11-9(3)14-15-12(11)20(17,18)16-10-4-5-19-7-10/h8,10,13,16H,4-7H2,1-3H3,(H,14,15). The highest BCUT2D eigenvalue weighted by Crippen LogP contribution is 2.17. The van der Waals surface area contributed by atoms with Gasteiger partial charge in [-0.15, -0.1) is 0 Å². The maximum absolute atomic E-state index is 12.4. The van der Waals surface area contributed by atoms with Crippen molar-refractivity contribution in [2.45, 2.75) is 50.8 Å². The molecule has 0 spiro atoms. The molecule has 1 fully saturated rings. The van der Waals surface area contributed by atoms with Gasteiger partial charge in [-0.05, 0) is 13.3 Å². The molecule has 0 bridgehead atoms. The zero-order valence-corrected chi connectivity index (χ0v) is 12.9. The molecule has 0 radical (unpaired) electrons. The zero-order valence-electron chi connectivity index (χ0n) is 12.1. The number of aromatic nitrogens is 2. The molecular weight excluding hydrogens is 280 g/mol. The quantitative estimate of drug-likeness (QED) is 0.701. The molecule has 8 heteroatoms. The zero-order chi connectivity index (χ0) is 14.8. The normalized spacial score (nSPS) is 19.9. The number of aryl methyl sites for hydroxylation is 1. The third-order valence-corrected chi connectivity index (χ3v) is 4.72. The molecule has 1 aromatic heterocycles. The number of nitrogens with one attached hydrogen (secondary N) is 3. The molecule has 7 nitrogen and oxygen atoms in total. The highest BCUT2D eigenvalue weighted by molar-refractivity contribution is 7.89. The summed E-state index contributed by atoms with van der Waals surface area (Å²) < 4.78 is 32.6. The van der Waals surface area contributed by atoms with Crippen molar-refractivity contribution < 1.29 is 13.2 Å². The van der Waals surface area contributed by atoms with Crippen LogP contribution in [0.3, 0.4) is 0 Å². The molecule has 1 unspecified atom stereocenters. The molecule has 0 aromatic carbocycles. The van der Waals surface area contributed by atoms with Gasteiger partial charge in [0.2, 0.25) is 0 Å². The van der Waals surface area contributed by atoms with Crippen LogP contribution in [0.2, 0.25) is 0 Å². The Morgan fingerprint density at radius 1 is 1.50 bits per heavy atom. The average Bonchev–Trinajstić information content (AvgIpc) is 2.96. The third kappa shape index (κ3) is 3.57. The van der Waals surface area contributed by atoms with Crippen molar-refractivity contribution in [1.82, 2.24) is 20.2 Å². The van der Waals surface area contributed by atoms with Gasteiger partial charge in [-0.3, -0.25) is 5.10 Å². The lowest BCUT2D eigenvalue weighted by Crippen LogP contribution is -2.36. The summed E-state index contributed by atoms with van der Waals surface area (Å²) in [5.74, 6) is 0. The number of hydrogen-bond donors (Lipinski definition) is 3. The van der Waals surface area contributed by atoms with Gasteiger partial charge in [-0.25, -0.2) is 13.1 Å². The Morgan fingerprint density at radius 3 is 2.85 bits per heavy atom.